The third-order valence-corrected chi connectivity index (χ3v) is 5.84. The van der Waals surface area contributed by atoms with Gasteiger partial charge in [-0.2, -0.15) is 13.2 Å². The first-order valence-electron chi connectivity index (χ1n) is 10.2. The smallest absolute Gasteiger partial charge is 0.349 e. The van der Waals surface area contributed by atoms with Crippen LogP contribution in [-0.4, -0.2) is 52.3 Å². The molecule has 2 unspecified atom stereocenters. The van der Waals surface area contributed by atoms with Crippen LogP contribution in [0.4, 0.5) is 17.6 Å². The maximum Gasteiger partial charge on any atom is 0.412 e. The van der Waals surface area contributed by atoms with Crippen LogP contribution in [-0.2, 0) is 20.9 Å². The third kappa shape index (κ3) is 3.99. The number of nitrogens with zero attached hydrogens (tertiary/aromatic N) is 1. The quantitative estimate of drug-likeness (QED) is 0.506. The van der Waals surface area contributed by atoms with E-state index in [1.165, 1.54) is 18.2 Å². The van der Waals surface area contributed by atoms with E-state index in [0.717, 1.165) is 11.0 Å². The van der Waals surface area contributed by atoms with Gasteiger partial charge < -0.3 is 5.32 Å². The number of piperidine rings is 1. The lowest BCUT2D eigenvalue weighted by molar-refractivity contribution is -0.136. The first kappa shape index (κ1) is 23.3. The zero-order chi connectivity index (χ0) is 24.8. The standard InChI is InChI=1S/C22H17F4N3O5/c23-21(8-2-4-12(9-21)22(24,25)26)20(34)27-10-11-3-1-5-13-16(11)19(33)29(18(13)32)14-6-7-15(30)28-17(14)31/h1-5,8,14H,6-7,9-10H2,(H,27,34)(H,28,30,31). The fourth-order valence-electron chi connectivity index (χ4n) is 4.12. The van der Waals surface area contributed by atoms with Gasteiger partial charge in [-0.3, -0.25) is 34.2 Å². The highest BCUT2D eigenvalue weighted by Crippen LogP contribution is 2.37. The molecule has 0 aromatic heterocycles. The summed E-state index contributed by atoms with van der Waals surface area (Å²) in [6.07, 6.45) is -3.90. The van der Waals surface area contributed by atoms with E-state index in [0.29, 0.717) is 12.2 Å². The monoisotopic (exact) mass is 479 g/mol. The summed E-state index contributed by atoms with van der Waals surface area (Å²) >= 11 is 0. The van der Waals surface area contributed by atoms with E-state index in [1.807, 2.05) is 0 Å². The van der Waals surface area contributed by atoms with E-state index >= 15 is 4.39 Å². The van der Waals surface area contributed by atoms with Crippen molar-refractivity contribution in [2.75, 3.05) is 0 Å². The normalized spacial score (nSPS) is 24.6. The van der Waals surface area contributed by atoms with Gasteiger partial charge in [-0.1, -0.05) is 24.3 Å². The largest absolute Gasteiger partial charge is 0.412 e. The van der Waals surface area contributed by atoms with Gasteiger partial charge in [0, 0.05) is 25.0 Å². The Kier molecular flexibility index (Phi) is 5.62. The van der Waals surface area contributed by atoms with Gasteiger partial charge in [0.25, 0.3) is 17.7 Å². The second kappa shape index (κ2) is 8.19. The highest BCUT2D eigenvalue weighted by Gasteiger charge is 2.47. The summed E-state index contributed by atoms with van der Waals surface area (Å²) in [6.45, 7) is -0.450. The first-order chi connectivity index (χ1) is 15.9. The molecule has 2 atom stereocenters. The number of imide groups is 2. The molecule has 0 radical (unpaired) electrons. The maximum absolute atomic E-state index is 15.0. The number of hydrogen-bond acceptors (Lipinski definition) is 5. The number of alkyl halides is 4. The second-order valence-corrected chi connectivity index (χ2v) is 8.06. The summed E-state index contributed by atoms with van der Waals surface area (Å²) in [5.74, 6) is -4.25. The Morgan fingerprint density at radius 1 is 1.18 bits per heavy atom. The summed E-state index contributed by atoms with van der Waals surface area (Å²) < 4.78 is 53.8. The lowest BCUT2D eigenvalue weighted by Crippen LogP contribution is -2.54. The molecule has 1 aliphatic carbocycles. The van der Waals surface area contributed by atoms with Crippen LogP contribution in [0.15, 0.2) is 42.0 Å². The number of fused-ring (bicyclic) bond motifs is 1. The molecule has 2 aliphatic heterocycles. The second-order valence-electron chi connectivity index (χ2n) is 8.06. The van der Waals surface area contributed by atoms with Crippen molar-refractivity contribution in [2.45, 2.75) is 43.7 Å². The molecule has 1 fully saturated rings. The van der Waals surface area contributed by atoms with E-state index in [1.54, 1.807) is 0 Å². The third-order valence-electron chi connectivity index (χ3n) is 5.84. The van der Waals surface area contributed by atoms with E-state index in [2.05, 4.69) is 10.6 Å². The molecule has 178 valence electrons. The Bertz CT molecular complexity index is 1190. The van der Waals surface area contributed by atoms with Gasteiger partial charge in [-0.15, -0.1) is 0 Å². The van der Waals surface area contributed by atoms with E-state index in [4.69, 9.17) is 0 Å². The van der Waals surface area contributed by atoms with Crippen molar-refractivity contribution < 1.29 is 41.5 Å². The topological polar surface area (TPSA) is 113 Å². The number of halogens is 4. The number of amides is 5. The molecule has 2 heterocycles. The summed E-state index contributed by atoms with van der Waals surface area (Å²) in [7, 11) is 0. The molecule has 0 saturated carbocycles. The van der Waals surface area contributed by atoms with Crippen LogP contribution < -0.4 is 10.6 Å². The minimum atomic E-state index is -4.80. The van der Waals surface area contributed by atoms with Crippen LogP contribution in [0.1, 0.15) is 45.5 Å². The fourth-order valence-corrected chi connectivity index (χ4v) is 4.12. The van der Waals surface area contributed by atoms with Crippen molar-refractivity contribution in [3.05, 3.63) is 58.7 Å². The van der Waals surface area contributed by atoms with Crippen molar-refractivity contribution in [1.29, 1.82) is 0 Å². The average molecular weight is 479 g/mol. The summed E-state index contributed by atoms with van der Waals surface area (Å²) in [5, 5.41) is 4.26. The summed E-state index contributed by atoms with van der Waals surface area (Å²) in [5.41, 5.74) is -4.18. The molecular weight excluding hydrogens is 462 g/mol. The van der Waals surface area contributed by atoms with Crippen LogP contribution in [0.5, 0.6) is 0 Å². The molecular formula is C22H17F4N3O5. The number of hydrogen-bond donors (Lipinski definition) is 2. The molecule has 1 aromatic carbocycles. The van der Waals surface area contributed by atoms with Crippen molar-refractivity contribution in [2.24, 2.45) is 0 Å². The van der Waals surface area contributed by atoms with Crippen molar-refractivity contribution >= 4 is 29.5 Å². The Morgan fingerprint density at radius 3 is 2.59 bits per heavy atom. The van der Waals surface area contributed by atoms with Crippen molar-refractivity contribution in [3.8, 4) is 0 Å². The highest BCUT2D eigenvalue weighted by molar-refractivity contribution is 6.24. The Balaban J connectivity index is 1.52. The minimum Gasteiger partial charge on any atom is -0.349 e. The van der Waals surface area contributed by atoms with Crippen LogP contribution >= 0.6 is 0 Å². The minimum absolute atomic E-state index is 0.0451. The predicted octanol–water partition coefficient (Wildman–Crippen LogP) is 1.86. The van der Waals surface area contributed by atoms with Crippen LogP contribution in [0.3, 0.4) is 0 Å². The molecule has 1 aromatic rings. The van der Waals surface area contributed by atoms with Gasteiger partial charge >= 0.3 is 6.18 Å². The van der Waals surface area contributed by atoms with E-state index < -0.39 is 66.0 Å². The summed E-state index contributed by atoms with van der Waals surface area (Å²) in [4.78, 5) is 62.6. The zero-order valence-electron chi connectivity index (χ0n) is 17.4. The average Bonchev–Trinajstić information content (AvgIpc) is 3.02. The first-order valence-corrected chi connectivity index (χ1v) is 10.2. The number of rotatable bonds is 4. The Morgan fingerprint density at radius 2 is 1.91 bits per heavy atom. The van der Waals surface area contributed by atoms with Crippen molar-refractivity contribution in [3.63, 3.8) is 0 Å². The molecule has 12 heteroatoms. The molecule has 1 saturated heterocycles. The lowest BCUT2D eigenvalue weighted by atomic mass is 9.90. The lowest BCUT2D eigenvalue weighted by Gasteiger charge is -2.28. The highest BCUT2D eigenvalue weighted by atomic mass is 19.4. The molecule has 0 bridgehead atoms. The van der Waals surface area contributed by atoms with Crippen LogP contribution in [0.2, 0.25) is 0 Å². The van der Waals surface area contributed by atoms with Gasteiger partial charge in [0.2, 0.25) is 17.5 Å². The Labute approximate surface area is 189 Å². The number of carbonyl (C=O) groups is 5. The fraction of sp³-hybridized carbons (Fsp3) is 0.318. The molecule has 0 spiro atoms. The summed E-state index contributed by atoms with van der Waals surface area (Å²) in [6, 6.07) is 2.95. The maximum atomic E-state index is 15.0. The number of allylic oxidation sites excluding steroid dienone is 3. The molecule has 3 aliphatic rings. The molecule has 2 N–H and O–H groups in total. The van der Waals surface area contributed by atoms with Gasteiger partial charge in [-0.05, 0) is 24.1 Å². The van der Waals surface area contributed by atoms with Gasteiger partial charge in [0.05, 0.1) is 11.1 Å². The van der Waals surface area contributed by atoms with E-state index in [-0.39, 0.29) is 29.5 Å². The van der Waals surface area contributed by atoms with Gasteiger partial charge in [0.15, 0.2) is 0 Å². The zero-order valence-corrected chi connectivity index (χ0v) is 17.4. The SMILES string of the molecule is O=C1CCC(N2C(=O)c3cccc(CNC(=O)C4(F)C=CC=C(C(F)(F)F)C4)c3C2=O)C(=O)N1. The van der Waals surface area contributed by atoms with Crippen LogP contribution in [0.25, 0.3) is 0 Å². The molecule has 8 nitrogen and oxygen atoms in total. The number of carbonyl (C=O) groups excluding carboxylic acids is 5. The predicted molar refractivity (Wildman–Crippen MR) is 107 cm³/mol. The molecule has 34 heavy (non-hydrogen) atoms. The van der Waals surface area contributed by atoms with Crippen LogP contribution in [0, 0.1) is 0 Å². The van der Waals surface area contributed by atoms with Gasteiger partial charge in [0.1, 0.15) is 6.04 Å². The van der Waals surface area contributed by atoms with Crippen molar-refractivity contribution in [1.82, 2.24) is 15.5 Å². The molecule has 5 amide bonds. The van der Waals surface area contributed by atoms with E-state index in [9.17, 15) is 37.1 Å². The Hall–Kier alpha value is -3.83. The number of benzene rings is 1. The number of nitrogens with one attached hydrogen (secondary N) is 2. The van der Waals surface area contributed by atoms with Gasteiger partial charge in [-0.25, -0.2) is 4.39 Å². The molecule has 4 rings (SSSR count).